The molecule has 0 spiro atoms. The average molecular weight is 401 g/mol. The van der Waals surface area contributed by atoms with Crippen molar-refractivity contribution in [1.29, 1.82) is 0 Å². The second kappa shape index (κ2) is 7.93. The zero-order chi connectivity index (χ0) is 20.6. The fourth-order valence-corrected chi connectivity index (χ4v) is 4.22. The maximum atomic E-state index is 13.6. The Morgan fingerprint density at radius 3 is 2.71 bits per heavy atom. The van der Waals surface area contributed by atoms with Gasteiger partial charge in [0.25, 0.3) is 5.91 Å². The molecule has 0 saturated carbocycles. The third-order valence-corrected chi connectivity index (χ3v) is 5.67. The van der Waals surface area contributed by atoms with Crippen LogP contribution in [0.4, 0.5) is 19.0 Å². The molecule has 9 heteroatoms. The van der Waals surface area contributed by atoms with Crippen LogP contribution in [-0.2, 0) is 0 Å². The van der Waals surface area contributed by atoms with E-state index in [0.717, 1.165) is 24.1 Å². The number of rotatable bonds is 4. The second-order valence-corrected chi connectivity index (χ2v) is 8.67. The van der Waals surface area contributed by atoms with Crippen LogP contribution in [-0.4, -0.2) is 71.4 Å². The molecule has 2 aliphatic heterocycles. The third kappa shape index (κ3) is 4.45. The minimum Gasteiger partial charge on any atom is -0.367 e. The molecule has 1 aromatic heterocycles. The molecular formula is C19H30F3N5O. The molecule has 3 rings (SSSR count). The van der Waals surface area contributed by atoms with Gasteiger partial charge in [0.05, 0.1) is 0 Å². The second-order valence-electron chi connectivity index (χ2n) is 8.67. The summed E-state index contributed by atoms with van der Waals surface area (Å²) in [7, 11) is 4.00. The van der Waals surface area contributed by atoms with E-state index in [9.17, 15) is 18.0 Å². The molecule has 0 aliphatic carbocycles. The quantitative estimate of drug-likeness (QED) is 0.842. The number of halogens is 3. The maximum Gasteiger partial charge on any atom is 0.410 e. The highest BCUT2D eigenvalue weighted by molar-refractivity contribution is 5.93. The van der Waals surface area contributed by atoms with Crippen LogP contribution in [0, 0.1) is 11.8 Å². The van der Waals surface area contributed by atoms with E-state index in [4.69, 9.17) is 0 Å². The first kappa shape index (κ1) is 21.0. The molecule has 0 unspecified atom stereocenters. The van der Waals surface area contributed by atoms with Crippen LogP contribution in [0.15, 0.2) is 6.07 Å². The van der Waals surface area contributed by atoms with E-state index in [1.165, 1.54) is 6.07 Å². The van der Waals surface area contributed by atoms with Crippen LogP contribution in [0.1, 0.15) is 49.6 Å². The van der Waals surface area contributed by atoms with E-state index in [0.29, 0.717) is 19.0 Å². The molecule has 3 heterocycles. The lowest BCUT2D eigenvalue weighted by molar-refractivity contribution is -0.174. The molecule has 1 aromatic rings. The van der Waals surface area contributed by atoms with E-state index in [-0.39, 0.29) is 35.8 Å². The number of carbonyl (C=O) groups excluding carboxylic acids is 1. The largest absolute Gasteiger partial charge is 0.410 e. The van der Waals surface area contributed by atoms with Gasteiger partial charge in [-0.1, -0.05) is 13.8 Å². The predicted octanol–water partition coefficient (Wildman–Crippen LogP) is 3.24. The van der Waals surface area contributed by atoms with E-state index in [1.807, 2.05) is 27.9 Å². The van der Waals surface area contributed by atoms with Gasteiger partial charge in [0, 0.05) is 31.7 Å². The van der Waals surface area contributed by atoms with Crippen molar-refractivity contribution in [3.05, 3.63) is 11.8 Å². The molecule has 0 radical (unpaired) electrons. The molecule has 0 bridgehead atoms. The Hall–Kier alpha value is -1.77. The molecular weight excluding hydrogens is 371 g/mol. The molecule has 6 nitrogen and oxygen atoms in total. The van der Waals surface area contributed by atoms with Crippen LogP contribution in [0.5, 0.6) is 0 Å². The summed E-state index contributed by atoms with van der Waals surface area (Å²) in [6.45, 7) is 5.90. The normalized spacial score (nSPS) is 25.8. The van der Waals surface area contributed by atoms with Crippen LogP contribution in [0.3, 0.4) is 0 Å². The van der Waals surface area contributed by atoms with Gasteiger partial charge < -0.3 is 15.1 Å². The minimum absolute atomic E-state index is 0.0431. The van der Waals surface area contributed by atoms with Crippen LogP contribution < -0.4 is 5.32 Å². The number of nitrogens with one attached hydrogen (secondary N) is 1. The van der Waals surface area contributed by atoms with Crippen molar-refractivity contribution in [3.8, 4) is 0 Å². The van der Waals surface area contributed by atoms with Gasteiger partial charge in [-0.05, 0) is 45.2 Å². The smallest absolute Gasteiger partial charge is 0.367 e. The molecule has 3 atom stereocenters. The number of fused-ring (bicyclic) bond motifs is 1. The highest BCUT2D eigenvalue weighted by Crippen LogP contribution is 2.40. The lowest BCUT2D eigenvalue weighted by atomic mass is 9.94. The van der Waals surface area contributed by atoms with Gasteiger partial charge in [0.1, 0.15) is 5.82 Å². The molecule has 1 amide bonds. The number of aromatic nitrogens is 2. The Morgan fingerprint density at radius 2 is 2.11 bits per heavy atom. The summed E-state index contributed by atoms with van der Waals surface area (Å²) in [6.07, 6.45) is -2.54. The number of hydrogen-bond acceptors (Lipinski definition) is 4. The van der Waals surface area contributed by atoms with Crippen molar-refractivity contribution in [1.82, 2.24) is 19.6 Å². The van der Waals surface area contributed by atoms with Gasteiger partial charge in [0.2, 0.25) is 0 Å². The van der Waals surface area contributed by atoms with Gasteiger partial charge in [-0.3, -0.25) is 4.79 Å². The number of anilines is 1. The number of hydrogen-bond donors (Lipinski definition) is 1. The summed E-state index contributed by atoms with van der Waals surface area (Å²) in [5, 5.41) is 7.22. The lowest BCUT2D eigenvalue weighted by Crippen LogP contribution is -2.43. The summed E-state index contributed by atoms with van der Waals surface area (Å²) < 4.78 is 41.8. The van der Waals surface area contributed by atoms with Crippen molar-refractivity contribution < 1.29 is 18.0 Å². The Kier molecular flexibility index (Phi) is 5.93. The van der Waals surface area contributed by atoms with Crippen molar-refractivity contribution in [2.75, 3.05) is 39.0 Å². The van der Waals surface area contributed by atoms with Crippen LogP contribution >= 0.6 is 0 Å². The highest BCUT2D eigenvalue weighted by atomic mass is 19.4. The van der Waals surface area contributed by atoms with Gasteiger partial charge in [-0.25, -0.2) is 4.68 Å². The summed E-state index contributed by atoms with van der Waals surface area (Å²) in [4.78, 5) is 16.8. The standard InChI is InChI=1S/C19H30F3N5O/c1-12(2)14-8-16(19(20,21)22)27-17(23-14)9-15(24-27)18(28)26-7-5-6-13(11-26)10-25(3)4/h9,12-14,16,23H,5-8,10-11H2,1-4H3/t13-,14-,16+/m0/s1. The fraction of sp³-hybridized carbons (Fsp3) is 0.789. The van der Waals surface area contributed by atoms with Gasteiger partial charge in [0.15, 0.2) is 11.7 Å². The van der Waals surface area contributed by atoms with Crippen molar-refractivity contribution in [2.24, 2.45) is 11.8 Å². The first-order valence-electron chi connectivity index (χ1n) is 9.93. The third-order valence-electron chi connectivity index (χ3n) is 5.67. The molecule has 1 fully saturated rings. The topological polar surface area (TPSA) is 53.4 Å². The highest BCUT2D eigenvalue weighted by Gasteiger charge is 2.47. The van der Waals surface area contributed by atoms with Gasteiger partial charge >= 0.3 is 6.18 Å². The summed E-state index contributed by atoms with van der Waals surface area (Å²) in [5.74, 6) is 0.407. The summed E-state index contributed by atoms with van der Waals surface area (Å²) in [5.41, 5.74) is 0.0895. The monoisotopic (exact) mass is 401 g/mol. The number of piperidine rings is 1. The maximum absolute atomic E-state index is 13.6. The van der Waals surface area contributed by atoms with Gasteiger partial charge in [-0.15, -0.1) is 0 Å². The number of amides is 1. The van der Waals surface area contributed by atoms with Crippen molar-refractivity contribution in [3.63, 3.8) is 0 Å². The molecule has 2 aliphatic rings. The summed E-state index contributed by atoms with van der Waals surface area (Å²) in [6, 6.07) is -0.538. The fourth-order valence-electron chi connectivity index (χ4n) is 4.22. The Balaban J connectivity index is 1.82. The number of alkyl halides is 3. The van der Waals surface area contributed by atoms with E-state index in [1.54, 1.807) is 4.90 Å². The van der Waals surface area contributed by atoms with Crippen molar-refractivity contribution >= 4 is 11.7 Å². The summed E-state index contributed by atoms with van der Waals surface area (Å²) >= 11 is 0. The van der Waals surface area contributed by atoms with Gasteiger partial charge in [-0.2, -0.15) is 18.3 Å². The molecule has 158 valence electrons. The van der Waals surface area contributed by atoms with Crippen molar-refractivity contribution in [2.45, 2.75) is 51.4 Å². The number of nitrogens with zero attached hydrogens (tertiary/aromatic N) is 4. The SMILES string of the molecule is CC(C)[C@@H]1C[C@H](C(F)(F)F)n2nc(C(=O)N3CCC[C@@H](CN(C)C)C3)cc2N1. The minimum atomic E-state index is -4.40. The van der Waals surface area contributed by atoms with E-state index >= 15 is 0 Å². The molecule has 28 heavy (non-hydrogen) atoms. The first-order valence-corrected chi connectivity index (χ1v) is 9.93. The number of likely N-dealkylation sites (tertiary alicyclic amines) is 1. The lowest BCUT2D eigenvalue weighted by Gasteiger charge is -2.35. The Morgan fingerprint density at radius 1 is 1.39 bits per heavy atom. The molecule has 1 N–H and O–H groups in total. The van der Waals surface area contributed by atoms with Crippen LogP contribution in [0.25, 0.3) is 0 Å². The van der Waals surface area contributed by atoms with E-state index < -0.39 is 12.2 Å². The Bertz CT molecular complexity index is 700. The average Bonchev–Trinajstić information content (AvgIpc) is 3.02. The van der Waals surface area contributed by atoms with Crippen LogP contribution in [0.2, 0.25) is 0 Å². The first-order chi connectivity index (χ1) is 13.1. The molecule has 1 saturated heterocycles. The molecule has 0 aromatic carbocycles. The zero-order valence-electron chi connectivity index (χ0n) is 17.0. The van der Waals surface area contributed by atoms with E-state index in [2.05, 4.69) is 15.3 Å². The Labute approximate surface area is 164 Å². The zero-order valence-corrected chi connectivity index (χ0v) is 17.0. The predicted molar refractivity (Wildman–Crippen MR) is 101 cm³/mol. The number of carbonyl (C=O) groups is 1.